The van der Waals surface area contributed by atoms with Gasteiger partial charge in [0, 0.05) is 24.4 Å². The van der Waals surface area contributed by atoms with Crippen LogP contribution in [0.2, 0.25) is 0 Å². The van der Waals surface area contributed by atoms with Crippen LogP contribution in [0.5, 0.6) is 0 Å². The van der Waals surface area contributed by atoms with Crippen molar-refractivity contribution in [1.29, 1.82) is 0 Å². The minimum absolute atomic E-state index is 0.0463. The van der Waals surface area contributed by atoms with E-state index in [9.17, 15) is 14.7 Å². The van der Waals surface area contributed by atoms with Gasteiger partial charge in [-0.2, -0.15) is 0 Å². The summed E-state index contributed by atoms with van der Waals surface area (Å²) < 4.78 is 0. The van der Waals surface area contributed by atoms with Gasteiger partial charge in [-0.05, 0) is 31.4 Å². The van der Waals surface area contributed by atoms with Crippen molar-refractivity contribution < 1.29 is 14.7 Å². The third kappa shape index (κ3) is 3.98. The molecule has 0 atom stereocenters. The summed E-state index contributed by atoms with van der Waals surface area (Å²) in [6, 6.07) is 0. The molecule has 0 radical (unpaired) electrons. The van der Waals surface area contributed by atoms with Crippen LogP contribution in [-0.2, 0) is 17.8 Å². The van der Waals surface area contributed by atoms with Gasteiger partial charge in [0.25, 0.3) is 0 Å². The number of carbonyl (C=O) groups is 2. The number of aromatic carboxylic acids is 1. The van der Waals surface area contributed by atoms with E-state index in [4.69, 9.17) is 0 Å². The highest BCUT2D eigenvalue weighted by molar-refractivity contribution is 7.17. The number of thiophene rings is 1. The van der Waals surface area contributed by atoms with Gasteiger partial charge in [0.1, 0.15) is 5.00 Å². The molecule has 1 amide bonds. The third-order valence-electron chi connectivity index (χ3n) is 5.22. The van der Waals surface area contributed by atoms with Gasteiger partial charge < -0.3 is 15.3 Å². The molecular weight excluding hydrogens is 324 g/mol. The Morgan fingerprint density at radius 3 is 2.75 bits per heavy atom. The molecule has 0 saturated heterocycles. The van der Waals surface area contributed by atoms with Crippen LogP contribution in [0.15, 0.2) is 0 Å². The normalized spacial score (nSPS) is 19.0. The molecule has 2 N–H and O–H groups in total. The summed E-state index contributed by atoms with van der Waals surface area (Å²) in [7, 11) is 2.03. The van der Waals surface area contributed by atoms with E-state index in [0.717, 1.165) is 36.4 Å². The number of amides is 1. The predicted molar refractivity (Wildman–Crippen MR) is 95.8 cm³/mol. The lowest BCUT2D eigenvalue weighted by atomic mass is 9.86. The minimum Gasteiger partial charge on any atom is -0.478 e. The first-order valence-electron chi connectivity index (χ1n) is 8.91. The van der Waals surface area contributed by atoms with E-state index in [1.165, 1.54) is 43.4 Å². The van der Waals surface area contributed by atoms with Gasteiger partial charge in [-0.15, -0.1) is 11.3 Å². The molecule has 2 aliphatic rings. The van der Waals surface area contributed by atoms with Gasteiger partial charge in [0.15, 0.2) is 0 Å². The van der Waals surface area contributed by atoms with Crippen molar-refractivity contribution in [3.63, 3.8) is 0 Å². The average Bonchev–Trinajstić information content (AvgIpc) is 2.90. The molecule has 24 heavy (non-hydrogen) atoms. The van der Waals surface area contributed by atoms with E-state index in [2.05, 4.69) is 10.2 Å². The largest absolute Gasteiger partial charge is 0.478 e. The second kappa shape index (κ2) is 7.66. The smallest absolute Gasteiger partial charge is 0.339 e. The van der Waals surface area contributed by atoms with Crippen molar-refractivity contribution in [3.05, 3.63) is 16.0 Å². The molecule has 2 heterocycles. The molecule has 1 aliphatic heterocycles. The highest BCUT2D eigenvalue weighted by Crippen LogP contribution is 2.37. The molecule has 5 nitrogen and oxygen atoms in total. The highest BCUT2D eigenvalue weighted by Gasteiger charge is 2.27. The molecule has 0 aromatic carbocycles. The molecular formula is C18H26N2O3S. The number of nitrogens with one attached hydrogen (secondary N) is 1. The molecule has 1 aromatic rings. The van der Waals surface area contributed by atoms with Crippen molar-refractivity contribution >= 4 is 28.2 Å². The summed E-state index contributed by atoms with van der Waals surface area (Å²) in [5, 5.41) is 13.0. The van der Waals surface area contributed by atoms with E-state index in [1.54, 1.807) is 0 Å². The zero-order chi connectivity index (χ0) is 17.1. The summed E-state index contributed by atoms with van der Waals surface area (Å²) in [5.41, 5.74) is 1.22. The molecule has 0 bridgehead atoms. The lowest BCUT2D eigenvalue weighted by Crippen LogP contribution is -2.26. The van der Waals surface area contributed by atoms with Gasteiger partial charge in [0.2, 0.25) is 5.91 Å². The number of likely N-dealkylation sites (N-methyl/N-ethyl adjacent to an activating group) is 1. The fourth-order valence-corrected chi connectivity index (χ4v) is 5.18. The Labute approximate surface area is 147 Å². The maximum atomic E-state index is 12.3. The summed E-state index contributed by atoms with van der Waals surface area (Å²) in [6.07, 6.45) is 8.48. The van der Waals surface area contributed by atoms with E-state index in [-0.39, 0.29) is 5.91 Å². The van der Waals surface area contributed by atoms with Crippen LogP contribution < -0.4 is 5.32 Å². The van der Waals surface area contributed by atoms with E-state index in [1.807, 2.05) is 7.05 Å². The fourth-order valence-electron chi connectivity index (χ4n) is 3.85. The fraction of sp³-hybridized carbons (Fsp3) is 0.667. The van der Waals surface area contributed by atoms with Crippen LogP contribution in [-0.4, -0.2) is 35.5 Å². The SMILES string of the molecule is CN1CCc2c(sc(NC(=O)CCC3CCCCC3)c2C(=O)O)C1. The Balaban J connectivity index is 1.65. The Bertz CT molecular complexity index is 620. The predicted octanol–water partition coefficient (Wildman–Crippen LogP) is 3.73. The molecule has 0 spiro atoms. The summed E-state index contributed by atoms with van der Waals surface area (Å²) in [5.74, 6) is -0.316. The van der Waals surface area contributed by atoms with E-state index >= 15 is 0 Å². The van der Waals surface area contributed by atoms with Gasteiger partial charge in [-0.1, -0.05) is 32.1 Å². The Hall–Kier alpha value is -1.40. The number of carboxylic acids is 1. The standard InChI is InChI=1S/C18H26N2O3S/c1-20-10-9-13-14(11-20)24-17(16(13)18(22)23)19-15(21)8-7-12-5-3-2-4-6-12/h12H,2-11H2,1H3,(H,19,21)(H,22,23). The molecule has 132 valence electrons. The molecule has 1 saturated carbocycles. The van der Waals surface area contributed by atoms with Crippen LogP contribution in [0.1, 0.15) is 65.7 Å². The summed E-state index contributed by atoms with van der Waals surface area (Å²) >= 11 is 1.43. The number of hydrogen-bond donors (Lipinski definition) is 2. The van der Waals surface area contributed by atoms with Crippen LogP contribution in [0.4, 0.5) is 5.00 Å². The molecule has 6 heteroatoms. The monoisotopic (exact) mass is 350 g/mol. The van der Waals surface area contributed by atoms with Crippen molar-refractivity contribution in [3.8, 4) is 0 Å². The number of hydrogen-bond acceptors (Lipinski definition) is 4. The third-order valence-corrected chi connectivity index (χ3v) is 6.35. The second-order valence-electron chi connectivity index (χ2n) is 7.09. The van der Waals surface area contributed by atoms with Gasteiger partial charge in [-0.25, -0.2) is 4.79 Å². The summed E-state index contributed by atoms with van der Waals surface area (Å²) in [4.78, 5) is 27.2. The number of rotatable bonds is 5. The van der Waals surface area contributed by atoms with E-state index in [0.29, 0.717) is 22.9 Å². The Morgan fingerprint density at radius 1 is 1.29 bits per heavy atom. The molecule has 1 aromatic heterocycles. The van der Waals surface area contributed by atoms with Crippen LogP contribution in [0, 0.1) is 5.92 Å². The zero-order valence-electron chi connectivity index (χ0n) is 14.3. The van der Waals surface area contributed by atoms with Crippen LogP contribution in [0.25, 0.3) is 0 Å². The van der Waals surface area contributed by atoms with Crippen molar-refractivity contribution in [2.75, 3.05) is 18.9 Å². The number of anilines is 1. The van der Waals surface area contributed by atoms with Crippen molar-refractivity contribution in [2.24, 2.45) is 5.92 Å². The highest BCUT2D eigenvalue weighted by atomic mass is 32.1. The maximum Gasteiger partial charge on any atom is 0.339 e. The van der Waals surface area contributed by atoms with Gasteiger partial charge >= 0.3 is 5.97 Å². The van der Waals surface area contributed by atoms with Gasteiger partial charge in [0.05, 0.1) is 5.56 Å². The first-order valence-corrected chi connectivity index (χ1v) is 9.72. The quantitative estimate of drug-likeness (QED) is 0.849. The van der Waals surface area contributed by atoms with Crippen molar-refractivity contribution in [1.82, 2.24) is 4.90 Å². The second-order valence-corrected chi connectivity index (χ2v) is 8.20. The zero-order valence-corrected chi connectivity index (χ0v) is 15.1. The molecule has 3 rings (SSSR count). The molecule has 1 fully saturated rings. The first kappa shape index (κ1) is 17.4. The molecule has 0 unspecified atom stereocenters. The Morgan fingerprint density at radius 2 is 2.04 bits per heavy atom. The topological polar surface area (TPSA) is 69.6 Å². The number of carbonyl (C=O) groups excluding carboxylic acids is 1. The lowest BCUT2D eigenvalue weighted by Gasteiger charge is -2.22. The number of carboxylic acid groups (broad SMARTS) is 1. The number of fused-ring (bicyclic) bond motifs is 1. The first-order chi connectivity index (χ1) is 11.5. The average molecular weight is 350 g/mol. The Kier molecular flexibility index (Phi) is 5.56. The maximum absolute atomic E-state index is 12.3. The van der Waals surface area contributed by atoms with Crippen molar-refractivity contribution in [2.45, 2.75) is 57.9 Å². The number of nitrogens with zero attached hydrogens (tertiary/aromatic N) is 1. The van der Waals surface area contributed by atoms with Gasteiger partial charge in [-0.3, -0.25) is 4.79 Å². The lowest BCUT2D eigenvalue weighted by molar-refractivity contribution is -0.116. The summed E-state index contributed by atoms with van der Waals surface area (Å²) in [6.45, 7) is 1.62. The van der Waals surface area contributed by atoms with Crippen LogP contribution >= 0.6 is 11.3 Å². The minimum atomic E-state index is -0.931. The molecule has 1 aliphatic carbocycles. The van der Waals surface area contributed by atoms with E-state index < -0.39 is 5.97 Å². The van der Waals surface area contributed by atoms with Crippen LogP contribution in [0.3, 0.4) is 0 Å².